The summed E-state index contributed by atoms with van der Waals surface area (Å²) in [7, 11) is 1.52. The molecule has 5 N–H and O–H groups in total. The molecule has 3 aromatic carbocycles. The Labute approximate surface area is 172 Å². The van der Waals surface area contributed by atoms with Gasteiger partial charge in [0.1, 0.15) is 5.75 Å². The van der Waals surface area contributed by atoms with Gasteiger partial charge in [-0.1, -0.05) is 18.2 Å². The highest BCUT2D eigenvalue weighted by molar-refractivity contribution is 6.08. The van der Waals surface area contributed by atoms with Crippen LogP contribution in [0.2, 0.25) is 0 Å². The van der Waals surface area contributed by atoms with E-state index in [1.165, 1.54) is 13.2 Å². The highest BCUT2D eigenvalue weighted by Crippen LogP contribution is 2.28. The molecule has 152 valence electrons. The van der Waals surface area contributed by atoms with Gasteiger partial charge in [0.15, 0.2) is 0 Å². The molecule has 0 fully saturated rings. The number of hydrogen-bond acceptors (Lipinski definition) is 4. The molecule has 8 heteroatoms. The first-order valence-electron chi connectivity index (χ1n) is 8.87. The second kappa shape index (κ2) is 8.78. The Bertz CT molecular complexity index is 1110. The average molecular weight is 405 g/mol. The molecule has 8 nitrogen and oxygen atoms in total. The third-order valence-corrected chi connectivity index (χ3v) is 4.31. The number of amides is 3. The molecule has 0 unspecified atom stereocenters. The summed E-state index contributed by atoms with van der Waals surface area (Å²) in [5, 5.41) is 14.6. The fraction of sp³-hybridized carbons (Fsp3) is 0.0455. The van der Waals surface area contributed by atoms with E-state index < -0.39 is 17.9 Å². The molecule has 3 aromatic rings. The summed E-state index contributed by atoms with van der Waals surface area (Å²) in [6, 6.07) is 17.2. The molecule has 0 aromatic heterocycles. The summed E-state index contributed by atoms with van der Waals surface area (Å²) in [4.78, 5) is 35.3. The van der Waals surface area contributed by atoms with E-state index in [1.54, 1.807) is 60.7 Å². The molecule has 3 rings (SSSR count). The number of carbonyl (C=O) groups excluding carboxylic acids is 2. The van der Waals surface area contributed by atoms with Gasteiger partial charge in [-0.05, 0) is 59.7 Å². The van der Waals surface area contributed by atoms with Gasteiger partial charge in [-0.2, -0.15) is 0 Å². The van der Waals surface area contributed by atoms with Gasteiger partial charge in [0.25, 0.3) is 5.91 Å². The van der Waals surface area contributed by atoms with Crippen LogP contribution in [-0.2, 0) is 0 Å². The maximum atomic E-state index is 12.6. The van der Waals surface area contributed by atoms with Crippen molar-refractivity contribution < 1.29 is 24.2 Å². The number of carboxylic acids is 1. The van der Waals surface area contributed by atoms with Crippen LogP contribution in [0.4, 0.5) is 16.2 Å². The molecule has 0 aliphatic rings. The topological polar surface area (TPSA) is 131 Å². The molecule has 0 aliphatic carbocycles. The number of urea groups is 1. The number of hydrogen-bond donors (Lipinski definition) is 4. The minimum absolute atomic E-state index is 0.0490. The van der Waals surface area contributed by atoms with Crippen molar-refractivity contribution in [3.63, 3.8) is 0 Å². The van der Waals surface area contributed by atoms with Gasteiger partial charge in [-0.3, -0.25) is 4.79 Å². The van der Waals surface area contributed by atoms with Gasteiger partial charge < -0.3 is 26.2 Å². The van der Waals surface area contributed by atoms with Gasteiger partial charge in [0.05, 0.1) is 18.4 Å². The monoisotopic (exact) mass is 405 g/mol. The van der Waals surface area contributed by atoms with Crippen LogP contribution in [0.15, 0.2) is 66.7 Å². The Kier molecular flexibility index (Phi) is 5.97. The van der Waals surface area contributed by atoms with E-state index in [1.807, 2.05) is 0 Å². The number of anilines is 2. The van der Waals surface area contributed by atoms with E-state index in [-0.39, 0.29) is 11.3 Å². The van der Waals surface area contributed by atoms with E-state index in [4.69, 9.17) is 10.5 Å². The predicted octanol–water partition coefficient (Wildman–Crippen LogP) is 3.80. The summed E-state index contributed by atoms with van der Waals surface area (Å²) >= 11 is 0. The van der Waals surface area contributed by atoms with Crippen LogP contribution >= 0.6 is 0 Å². The van der Waals surface area contributed by atoms with Crippen molar-refractivity contribution in [3.05, 3.63) is 77.9 Å². The van der Waals surface area contributed by atoms with Crippen LogP contribution < -0.4 is 21.1 Å². The molecule has 0 heterocycles. The van der Waals surface area contributed by atoms with E-state index in [2.05, 4.69) is 10.6 Å². The lowest BCUT2D eigenvalue weighted by molar-refractivity contribution is 0.0698. The molecule has 30 heavy (non-hydrogen) atoms. The number of carbonyl (C=O) groups is 3. The number of benzene rings is 3. The molecule has 3 amide bonds. The average Bonchev–Trinajstić information content (AvgIpc) is 2.73. The lowest BCUT2D eigenvalue weighted by Gasteiger charge is -2.12. The van der Waals surface area contributed by atoms with Crippen molar-refractivity contribution in [2.24, 2.45) is 5.73 Å². The minimum atomic E-state index is -1.17. The van der Waals surface area contributed by atoms with Crippen LogP contribution in [-0.4, -0.2) is 30.1 Å². The zero-order valence-corrected chi connectivity index (χ0v) is 16.0. The van der Waals surface area contributed by atoms with Crippen LogP contribution in [0, 0.1) is 0 Å². The first kappa shape index (κ1) is 20.4. The Hall–Kier alpha value is -4.33. The summed E-state index contributed by atoms with van der Waals surface area (Å²) in [5.41, 5.74) is 7.45. The fourth-order valence-corrected chi connectivity index (χ4v) is 2.87. The molecule has 0 bridgehead atoms. The highest BCUT2D eigenvalue weighted by atomic mass is 16.5. The number of primary amides is 1. The molecule has 0 atom stereocenters. The van der Waals surface area contributed by atoms with Crippen molar-refractivity contribution in [2.45, 2.75) is 0 Å². The lowest BCUT2D eigenvalue weighted by atomic mass is 10.0. The molecule has 0 saturated carbocycles. The summed E-state index contributed by atoms with van der Waals surface area (Å²) in [6.07, 6.45) is 0. The van der Waals surface area contributed by atoms with Crippen molar-refractivity contribution in [1.82, 2.24) is 0 Å². The number of rotatable bonds is 6. The standard InChI is InChI=1S/C22H19N3O5/c1-30-17-8-5-13(6-9-17)20(26)25-19-12-15(7-10-18(19)21(27)28)14-3-2-4-16(11-14)24-22(23)29/h2-12H,1H3,(H,25,26)(H,27,28)(H3,23,24,29). The zero-order valence-electron chi connectivity index (χ0n) is 16.0. The molecular formula is C22H19N3O5. The van der Waals surface area contributed by atoms with E-state index in [0.717, 1.165) is 0 Å². The zero-order chi connectivity index (χ0) is 21.7. The minimum Gasteiger partial charge on any atom is -0.497 e. The maximum Gasteiger partial charge on any atom is 0.337 e. The number of ether oxygens (including phenoxy) is 1. The summed E-state index contributed by atoms with van der Waals surface area (Å²) in [6.45, 7) is 0. The first-order chi connectivity index (χ1) is 14.4. The Balaban J connectivity index is 1.94. The third-order valence-electron chi connectivity index (χ3n) is 4.31. The normalized spacial score (nSPS) is 10.2. The van der Waals surface area contributed by atoms with E-state index >= 15 is 0 Å². The number of methoxy groups -OCH3 is 1. The van der Waals surface area contributed by atoms with Gasteiger partial charge in [0.2, 0.25) is 0 Å². The summed E-state index contributed by atoms with van der Waals surface area (Å²) < 4.78 is 5.07. The molecule has 0 radical (unpaired) electrons. The first-order valence-corrected chi connectivity index (χ1v) is 8.87. The molecule has 0 spiro atoms. The van der Waals surface area contributed by atoms with Gasteiger partial charge >= 0.3 is 12.0 Å². The van der Waals surface area contributed by atoms with Gasteiger partial charge in [-0.25, -0.2) is 9.59 Å². The van der Waals surface area contributed by atoms with Crippen molar-refractivity contribution in [2.75, 3.05) is 17.7 Å². The SMILES string of the molecule is COc1ccc(C(=O)Nc2cc(-c3cccc(NC(N)=O)c3)ccc2C(=O)O)cc1. The van der Waals surface area contributed by atoms with Gasteiger partial charge in [0, 0.05) is 11.3 Å². The van der Waals surface area contributed by atoms with Crippen molar-refractivity contribution in [1.29, 1.82) is 0 Å². The second-order valence-corrected chi connectivity index (χ2v) is 6.32. The number of nitrogens with one attached hydrogen (secondary N) is 2. The Morgan fingerprint density at radius 3 is 2.23 bits per heavy atom. The quantitative estimate of drug-likeness (QED) is 0.495. The van der Waals surface area contributed by atoms with E-state index in [0.29, 0.717) is 28.1 Å². The second-order valence-electron chi connectivity index (χ2n) is 6.32. The predicted molar refractivity (Wildman–Crippen MR) is 113 cm³/mol. The van der Waals surface area contributed by atoms with Crippen molar-refractivity contribution in [3.8, 4) is 16.9 Å². The van der Waals surface area contributed by atoms with Crippen molar-refractivity contribution >= 4 is 29.3 Å². The largest absolute Gasteiger partial charge is 0.497 e. The van der Waals surface area contributed by atoms with Crippen LogP contribution in [0.1, 0.15) is 20.7 Å². The number of aromatic carboxylic acids is 1. The van der Waals surface area contributed by atoms with Crippen LogP contribution in [0.5, 0.6) is 5.75 Å². The fourth-order valence-electron chi connectivity index (χ4n) is 2.87. The third kappa shape index (κ3) is 4.74. The number of nitrogens with two attached hydrogens (primary N) is 1. The summed E-state index contributed by atoms with van der Waals surface area (Å²) in [5.74, 6) is -1.03. The number of carboxylic acid groups (broad SMARTS) is 1. The van der Waals surface area contributed by atoms with Crippen LogP contribution in [0.25, 0.3) is 11.1 Å². The highest BCUT2D eigenvalue weighted by Gasteiger charge is 2.15. The Morgan fingerprint density at radius 1 is 0.900 bits per heavy atom. The van der Waals surface area contributed by atoms with E-state index in [9.17, 15) is 19.5 Å². The lowest BCUT2D eigenvalue weighted by Crippen LogP contribution is -2.19. The maximum absolute atomic E-state index is 12.6. The molecular weight excluding hydrogens is 386 g/mol. The molecule has 0 saturated heterocycles. The molecule has 0 aliphatic heterocycles. The van der Waals surface area contributed by atoms with Gasteiger partial charge in [-0.15, -0.1) is 0 Å². The smallest absolute Gasteiger partial charge is 0.337 e. The van der Waals surface area contributed by atoms with Crippen LogP contribution in [0.3, 0.4) is 0 Å². The Morgan fingerprint density at radius 2 is 1.60 bits per heavy atom.